The maximum Gasteiger partial charge on any atom is 0.165 e. The van der Waals surface area contributed by atoms with Gasteiger partial charge in [0.1, 0.15) is 5.82 Å². The lowest BCUT2D eigenvalue weighted by atomic mass is 10.2. The lowest BCUT2D eigenvalue weighted by Crippen LogP contribution is -2.14. The Morgan fingerprint density at radius 1 is 1.36 bits per heavy atom. The van der Waals surface area contributed by atoms with Gasteiger partial charge in [-0.25, -0.2) is 9.87 Å². The molecule has 0 unspecified atom stereocenters. The van der Waals surface area contributed by atoms with Gasteiger partial charge in [-0.2, -0.15) is 0 Å². The van der Waals surface area contributed by atoms with Crippen LogP contribution in [0.5, 0.6) is 5.75 Å². The van der Waals surface area contributed by atoms with E-state index in [1.807, 2.05) is 6.08 Å². The number of rotatable bonds is 0. The predicted octanol–water partition coefficient (Wildman–Crippen LogP) is 1.69. The first-order valence-corrected chi connectivity index (χ1v) is 3.25. The first-order valence-electron chi connectivity index (χ1n) is 3.25. The van der Waals surface area contributed by atoms with E-state index in [-0.39, 0.29) is 5.82 Å². The molecule has 11 heavy (non-hydrogen) atoms. The fourth-order valence-electron chi connectivity index (χ4n) is 0.956. The monoisotopic (exact) mass is 151 g/mol. The van der Waals surface area contributed by atoms with E-state index in [0.29, 0.717) is 5.75 Å². The van der Waals surface area contributed by atoms with Gasteiger partial charge in [-0.05, 0) is 18.2 Å². The van der Waals surface area contributed by atoms with Crippen molar-refractivity contribution in [2.45, 2.75) is 0 Å². The van der Waals surface area contributed by atoms with E-state index in [1.54, 1.807) is 12.3 Å². The third-order valence-corrected chi connectivity index (χ3v) is 1.48. The van der Waals surface area contributed by atoms with Crippen LogP contribution in [0.15, 0.2) is 24.4 Å². The van der Waals surface area contributed by atoms with Crippen LogP contribution in [-0.4, -0.2) is 0 Å². The van der Waals surface area contributed by atoms with Crippen molar-refractivity contribution < 1.29 is 9.23 Å². The Hall–Kier alpha value is -1.51. The van der Waals surface area contributed by atoms with Crippen molar-refractivity contribution in [3.63, 3.8) is 0 Å². The zero-order valence-corrected chi connectivity index (χ0v) is 5.67. The Labute approximate surface area is 63.2 Å². The first-order chi connectivity index (χ1) is 5.36. The van der Waals surface area contributed by atoms with E-state index in [4.69, 9.17) is 4.84 Å². The van der Waals surface area contributed by atoms with Crippen LogP contribution in [-0.2, 0) is 0 Å². The second kappa shape index (κ2) is 2.27. The molecular weight excluding hydrogens is 145 g/mol. The zero-order valence-electron chi connectivity index (χ0n) is 5.67. The molecule has 0 atom stereocenters. The molecule has 56 valence electrons. The van der Waals surface area contributed by atoms with Gasteiger partial charge in [-0.15, -0.1) is 0 Å². The molecule has 1 heterocycles. The Morgan fingerprint density at radius 3 is 3.18 bits per heavy atom. The van der Waals surface area contributed by atoms with Crippen molar-refractivity contribution in [2.24, 2.45) is 0 Å². The SMILES string of the molecule is Fc1ccc2c(c1)ONC=C2. The number of halogens is 1. The summed E-state index contributed by atoms with van der Waals surface area (Å²) in [6, 6.07) is 4.41. The lowest BCUT2D eigenvalue weighted by molar-refractivity contribution is 0.238. The fraction of sp³-hybridized carbons (Fsp3) is 0. The molecule has 0 spiro atoms. The van der Waals surface area contributed by atoms with Crippen LogP contribution in [0.25, 0.3) is 6.08 Å². The van der Waals surface area contributed by atoms with Crippen LogP contribution in [0, 0.1) is 5.82 Å². The molecule has 1 N–H and O–H groups in total. The minimum Gasteiger partial charge on any atom is -0.382 e. The average molecular weight is 151 g/mol. The molecule has 0 radical (unpaired) electrons. The van der Waals surface area contributed by atoms with Gasteiger partial charge in [0.05, 0.1) is 0 Å². The summed E-state index contributed by atoms with van der Waals surface area (Å²) in [5.74, 6) is 0.230. The van der Waals surface area contributed by atoms with E-state index in [2.05, 4.69) is 5.48 Å². The summed E-state index contributed by atoms with van der Waals surface area (Å²) in [6.07, 6.45) is 3.47. The summed E-state index contributed by atoms with van der Waals surface area (Å²) in [5, 5.41) is 0. The second-order valence-corrected chi connectivity index (χ2v) is 2.24. The van der Waals surface area contributed by atoms with E-state index in [0.717, 1.165) is 5.56 Å². The molecule has 0 bridgehead atoms. The smallest absolute Gasteiger partial charge is 0.165 e. The zero-order chi connectivity index (χ0) is 7.68. The Morgan fingerprint density at radius 2 is 2.27 bits per heavy atom. The summed E-state index contributed by atoms with van der Waals surface area (Å²) < 4.78 is 12.6. The van der Waals surface area contributed by atoms with E-state index >= 15 is 0 Å². The fourth-order valence-corrected chi connectivity index (χ4v) is 0.956. The molecule has 0 amide bonds. The number of fused-ring (bicyclic) bond motifs is 1. The van der Waals surface area contributed by atoms with Crippen molar-refractivity contribution in [3.8, 4) is 5.75 Å². The third kappa shape index (κ3) is 1.05. The normalized spacial score (nSPS) is 13.2. The van der Waals surface area contributed by atoms with Gasteiger partial charge in [0.2, 0.25) is 0 Å². The van der Waals surface area contributed by atoms with Gasteiger partial charge in [0.25, 0.3) is 0 Å². The van der Waals surface area contributed by atoms with Crippen molar-refractivity contribution in [3.05, 3.63) is 35.8 Å². The highest BCUT2D eigenvalue weighted by Crippen LogP contribution is 2.22. The summed E-state index contributed by atoms with van der Waals surface area (Å²) in [6.45, 7) is 0. The van der Waals surface area contributed by atoms with Crippen molar-refractivity contribution in [1.29, 1.82) is 0 Å². The maximum atomic E-state index is 12.6. The molecule has 0 fully saturated rings. The standard InChI is InChI=1S/C8H6FNO/c9-7-2-1-6-3-4-10-11-8(6)5-7/h1-5,10H. The average Bonchev–Trinajstić information content (AvgIpc) is 2.04. The van der Waals surface area contributed by atoms with Gasteiger partial charge in [0.15, 0.2) is 5.75 Å². The van der Waals surface area contributed by atoms with Gasteiger partial charge in [0, 0.05) is 17.8 Å². The molecule has 2 nitrogen and oxygen atoms in total. The number of hydrogen-bond donors (Lipinski definition) is 1. The predicted molar refractivity (Wildman–Crippen MR) is 39.2 cm³/mol. The topological polar surface area (TPSA) is 21.3 Å². The van der Waals surface area contributed by atoms with E-state index < -0.39 is 0 Å². The van der Waals surface area contributed by atoms with Crippen molar-refractivity contribution >= 4 is 6.08 Å². The summed E-state index contributed by atoms with van der Waals surface area (Å²) >= 11 is 0. The van der Waals surface area contributed by atoms with Crippen molar-refractivity contribution in [1.82, 2.24) is 5.48 Å². The number of benzene rings is 1. The van der Waals surface area contributed by atoms with Gasteiger partial charge in [-0.3, -0.25) is 0 Å². The van der Waals surface area contributed by atoms with Crippen LogP contribution < -0.4 is 10.3 Å². The molecule has 0 aromatic heterocycles. The molecule has 2 rings (SSSR count). The van der Waals surface area contributed by atoms with Crippen molar-refractivity contribution in [2.75, 3.05) is 0 Å². The van der Waals surface area contributed by atoms with E-state index in [9.17, 15) is 4.39 Å². The third-order valence-electron chi connectivity index (χ3n) is 1.48. The van der Waals surface area contributed by atoms with Gasteiger partial charge >= 0.3 is 0 Å². The number of hydroxylamine groups is 1. The molecular formula is C8H6FNO. The molecule has 1 aromatic rings. The molecule has 0 aliphatic carbocycles. The van der Waals surface area contributed by atoms with Gasteiger partial charge in [-0.1, -0.05) is 0 Å². The quantitative estimate of drug-likeness (QED) is 0.609. The highest BCUT2D eigenvalue weighted by molar-refractivity contribution is 5.58. The molecule has 1 aliphatic heterocycles. The molecule has 0 saturated heterocycles. The molecule has 1 aliphatic rings. The molecule has 0 saturated carbocycles. The highest BCUT2D eigenvalue weighted by Gasteiger charge is 2.05. The van der Waals surface area contributed by atoms with Crippen LogP contribution in [0.1, 0.15) is 5.56 Å². The second-order valence-electron chi connectivity index (χ2n) is 2.24. The van der Waals surface area contributed by atoms with Crippen LogP contribution in [0.4, 0.5) is 4.39 Å². The lowest BCUT2D eigenvalue weighted by Gasteiger charge is -2.11. The summed E-state index contributed by atoms with van der Waals surface area (Å²) in [7, 11) is 0. The van der Waals surface area contributed by atoms with Crippen LogP contribution in [0.2, 0.25) is 0 Å². The Balaban J connectivity index is 2.53. The number of nitrogens with one attached hydrogen (secondary N) is 1. The minimum absolute atomic E-state index is 0.291. The summed E-state index contributed by atoms with van der Waals surface area (Å²) in [5.41, 5.74) is 3.40. The Kier molecular flexibility index (Phi) is 1.28. The largest absolute Gasteiger partial charge is 0.382 e. The highest BCUT2D eigenvalue weighted by atomic mass is 19.1. The summed E-state index contributed by atoms with van der Waals surface area (Å²) in [4.78, 5) is 4.93. The molecule has 1 aromatic carbocycles. The Bertz CT molecular complexity index is 309. The van der Waals surface area contributed by atoms with Crippen LogP contribution >= 0.6 is 0 Å². The van der Waals surface area contributed by atoms with E-state index in [1.165, 1.54) is 12.1 Å². The van der Waals surface area contributed by atoms with Gasteiger partial charge < -0.3 is 4.84 Å². The number of hydrogen-bond acceptors (Lipinski definition) is 2. The molecule has 3 heteroatoms. The maximum absolute atomic E-state index is 12.6. The minimum atomic E-state index is -0.291. The van der Waals surface area contributed by atoms with Crippen LogP contribution in [0.3, 0.4) is 0 Å². The first kappa shape index (κ1) is 6.22.